The lowest BCUT2D eigenvalue weighted by molar-refractivity contribution is 0.392. The van der Waals surface area contributed by atoms with E-state index in [0.717, 1.165) is 12.5 Å². The minimum atomic E-state index is 0.877. The molecule has 0 atom stereocenters. The molecular formula is C16H24IN. The van der Waals surface area contributed by atoms with Gasteiger partial charge in [0, 0.05) is 15.8 Å². The smallest absolute Gasteiger partial charge is 0.0380 e. The lowest BCUT2D eigenvalue weighted by Crippen LogP contribution is -2.16. The molecule has 1 fully saturated rings. The van der Waals surface area contributed by atoms with Crippen LogP contribution in [-0.2, 0) is 0 Å². The first-order valence-corrected chi connectivity index (χ1v) is 8.33. The highest BCUT2D eigenvalue weighted by molar-refractivity contribution is 14.1. The van der Waals surface area contributed by atoms with Gasteiger partial charge in [0.2, 0.25) is 0 Å². The summed E-state index contributed by atoms with van der Waals surface area (Å²) in [4.78, 5) is 0. The summed E-state index contributed by atoms with van der Waals surface area (Å²) in [6.45, 7) is 3.34. The van der Waals surface area contributed by atoms with Crippen LogP contribution in [0.2, 0.25) is 0 Å². The van der Waals surface area contributed by atoms with E-state index in [1.165, 1.54) is 59.8 Å². The number of halogens is 1. The van der Waals surface area contributed by atoms with Crippen molar-refractivity contribution in [3.63, 3.8) is 0 Å². The molecule has 0 heterocycles. The maximum Gasteiger partial charge on any atom is 0.0380 e. The molecule has 100 valence electrons. The summed E-state index contributed by atoms with van der Waals surface area (Å²) in [5, 5.41) is 3.67. The maximum atomic E-state index is 3.67. The number of nitrogens with one attached hydrogen (secondary N) is 1. The molecule has 0 aromatic heterocycles. The fourth-order valence-electron chi connectivity index (χ4n) is 2.78. The number of hydrogen-bond acceptors (Lipinski definition) is 1. The van der Waals surface area contributed by atoms with Crippen molar-refractivity contribution in [2.24, 2.45) is 5.92 Å². The predicted molar refractivity (Wildman–Crippen MR) is 88.2 cm³/mol. The third kappa shape index (κ3) is 4.45. The molecule has 1 saturated carbocycles. The van der Waals surface area contributed by atoms with Crippen molar-refractivity contribution in [1.29, 1.82) is 0 Å². The SMILES string of the molecule is Cc1ccc(I)cc1NCC1CCCCCCC1. The fraction of sp³-hybridized carbons (Fsp3) is 0.625. The second-order valence-corrected chi connectivity index (χ2v) is 6.80. The van der Waals surface area contributed by atoms with Gasteiger partial charge in [0.15, 0.2) is 0 Å². The highest BCUT2D eigenvalue weighted by Crippen LogP contribution is 2.24. The van der Waals surface area contributed by atoms with Crippen molar-refractivity contribution in [1.82, 2.24) is 0 Å². The van der Waals surface area contributed by atoms with Crippen LogP contribution in [0, 0.1) is 16.4 Å². The van der Waals surface area contributed by atoms with Crippen LogP contribution in [0.3, 0.4) is 0 Å². The molecule has 0 saturated heterocycles. The van der Waals surface area contributed by atoms with Crippen LogP contribution in [0.4, 0.5) is 5.69 Å². The van der Waals surface area contributed by atoms with Gasteiger partial charge in [0.05, 0.1) is 0 Å². The van der Waals surface area contributed by atoms with E-state index in [9.17, 15) is 0 Å². The molecule has 0 spiro atoms. The Kier molecular flexibility index (Phi) is 5.80. The third-order valence-electron chi connectivity index (χ3n) is 4.01. The van der Waals surface area contributed by atoms with Gasteiger partial charge in [-0.15, -0.1) is 0 Å². The average molecular weight is 357 g/mol. The Bertz CT molecular complexity index is 367. The third-order valence-corrected chi connectivity index (χ3v) is 4.68. The Morgan fingerprint density at radius 2 is 1.78 bits per heavy atom. The zero-order chi connectivity index (χ0) is 12.8. The molecule has 1 aliphatic rings. The van der Waals surface area contributed by atoms with Crippen molar-refractivity contribution >= 4 is 28.3 Å². The summed E-state index contributed by atoms with van der Waals surface area (Å²) in [6, 6.07) is 6.65. The van der Waals surface area contributed by atoms with E-state index < -0.39 is 0 Å². The Balaban J connectivity index is 1.87. The summed E-state index contributed by atoms with van der Waals surface area (Å²) in [5.41, 5.74) is 2.69. The first-order valence-electron chi connectivity index (χ1n) is 7.26. The molecule has 2 rings (SSSR count). The maximum absolute atomic E-state index is 3.67. The molecule has 2 heteroatoms. The van der Waals surface area contributed by atoms with Gasteiger partial charge in [-0.1, -0.05) is 38.2 Å². The highest BCUT2D eigenvalue weighted by Gasteiger charge is 2.11. The van der Waals surface area contributed by atoms with E-state index >= 15 is 0 Å². The monoisotopic (exact) mass is 357 g/mol. The van der Waals surface area contributed by atoms with E-state index in [1.54, 1.807) is 0 Å². The Morgan fingerprint density at radius 1 is 1.11 bits per heavy atom. The quantitative estimate of drug-likeness (QED) is 0.717. The summed E-state index contributed by atoms with van der Waals surface area (Å²) in [6.07, 6.45) is 10.0. The number of aryl methyl sites for hydroxylation is 1. The first-order chi connectivity index (χ1) is 8.75. The van der Waals surface area contributed by atoms with Crippen LogP contribution in [0.1, 0.15) is 50.5 Å². The van der Waals surface area contributed by atoms with Crippen molar-refractivity contribution in [3.8, 4) is 0 Å². The summed E-state index contributed by atoms with van der Waals surface area (Å²) >= 11 is 2.39. The summed E-state index contributed by atoms with van der Waals surface area (Å²) < 4.78 is 1.32. The molecule has 0 bridgehead atoms. The lowest BCUT2D eigenvalue weighted by atomic mass is 9.91. The van der Waals surface area contributed by atoms with Gasteiger partial charge >= 0.3 is 0 Å². The van der Waals surface area contributed by atoms with Crippen molar-refractivity contribution in [2.75, 3.05) is 11.9 Å². The zero-order valence-electron chi connectivity index (χ0n) is 11.3. The average Bonchev–Trinajstić information content (AvgIpc) is 2.32. The number of benzene rings is 1. The van der Waals surface area contributed by atoms with Crippen molar-refractivity contribution in [3.05, 3.63) is 27.3 Å². The van der Waals surface area contributed by atoms with Crippen LogP contribution in [0.5, 0.6) is 0 Å². The number of rotatable bonds is 3. The van der Waals surface area contributed by atoms with E-state index in [4.69, 9.17) is 0 Å². The largest absolute Gasteiger partial charge is 0.385 e. The van der Waals surface area contributed by atoms with Crippen molar-refractivity contribution in [2.45, 2.75) is 51.9 Å². The van der Waals surface area contributed by atoms with Gasteiger partial charge in [0.1, 0.15) is 0 Å². The molecular weight excluding hydrogens is 333 g/mol. The van der Waals surface area contributed by atoms with Crippen LogP contribution in [-0.4, -0.2) is 6.54 Å². The Hall–Kier alpha value is -0.250. The highest BCUT2D eigenvalue weighted by atomic mass is 127. The summed E-state index contributed by atoms with van der Waals surface area (Å²) in [7, 11) is 0. The van der Waals surface area contributed by atoms with E-state index in [2.05, 4.69) is 53.0 Å². The van der Waals surface area contributed by atoms with Crippen LogP contribution < -0.4 is 5.32 Å². The van der Waals surface area contributed by atoms with Gasteiger partial charge < -0.3 is 5.32 Å². The molecule has 1 aromatic carbocycles. The molecule has 1 aliphatic carbocycles. The van der Waals surface area contributed by atoms with Gasteiger partial charge in [-0.2, -0.15) is 0 Å². The lowest BCUT2D eigenvalue weighted by Gasteiger charge is -2.21. The molecule has 18 heavy (non-hydrogen) atoms. The predicted octanol–water partition coefficient (Wildman–Crippen LogP) is 5.37. The van der Waals surface area contributed by atoms with Crippen LogP contribution in [0.15, 0.2) is 18.2 Å². The first kappa shape index (κ1) is 14.2. The number of hydrogen-bond donors (Lipinski definition) is 1. The van der Waals surface area contributed by atoms with Gasteiger partial charge in [-0.05, 0) is 66.0 Å². The molecule has 0 aliphatic heterocycles. The van der Waals surface area contributed by atoms with Crippen LogP contribution >= 0.6 is 22.6 Å². The minimum Gasteiger partial charge on any atom is -0.385 e. The van der Waals surface area contributed by atoms with Crippen LogP contribution in [0.25, 0.3) is 0 Å². The molecule has 1 nitrogen and oxygen atoms in total. The standard InChI is InChI=1S/C16H24IN/c1-13-9-10-15(17)11-16(13)18-12-14-7-5-3-2-4-6-8-14/h9-11,14,18H,2-8,12H2,1H3. The summed E-state index contributed by atoms with van der Waals surface area (Å²) in [5.74, 6) is 0.877. The normalized spacial score (nSPS) is 18.1. The molecule has 0 amide bonds. The second-order valence-electron chi connectivity index (χ2n) is 5.55. The Labute approximate surface area is 125 Å². The number of anilines is 1. The molecule has 1 aromatic rings. The van der Waals surface area contributed by atoms with Gasteiger partial charge in [-0.25, -0.2) is 0 Å². The topological polar surface area (TPSA) is 12.0 Å². The zero-order valence-corrected chi connectivity index (χ0v) is 13.5. The Morgan fingerprint density at radius 3 is 2.50 bits per heavy atom. The molecule has 0 unspecified atom stereocenters. The van der Waals surface area contributed by atoms with E-state index in [-0.39, 0.29) is 0 Å². The minimum absolute atomic E-state index is 0.877. The van der Waals surface area contributed by atoms with Gasteiger partial charge in [-0.3, -0.25) is 0 Å². The van der Waals surface area contributed by atoms with Gasteiger partial charge in [0.25, 0.3) is 0 Å². The fourth-order valence-corrected chi connectivity index (χ4v) is 3.27. The molecule has 1 N–H and O–H groups in total. The van der Waals surface area contributed by atoms with E-state index in [0.29, 0.717) is 0 Å². The van der Waals surface area contributed by atoms with Crippen molar-refractivity contribution < 1.29 is 0 Å². The molecule has 0 radical (unpaired) electrons. The van der Waals surface area contributed by atoms with E-state index in [1.807, 2.05) is 0 Å². The second kappa shape index (κ2) is 7.37.